The van der Waals surface area contributed by atoms with Gasteiger partial charge in [0.2, 0.25) is 0 Å². The molecule has 4 rings (SSSR count). The van der Waals surface area contributed by atoms with Gasteiger partial charge in [0, 0.05) is 11.8 Å². The van der Waals surface area contributed by atoms with Crippen molar-refractivity contribution in [3.05, 3.63) is 23.8 Å². The SMILES string of the molecule is C[C@]12CC[C@H]3[C@@H](CCC4=CCC=C[C@@]43C)[C@@H]1CC[C@@H]2CCC(=O)O. The highest BCUT2D eigenvalue weighted by Crippen LogP contribution is 2.66. The van der Waals surface area contributed by atoms with Crippen molar-refractivity contribution in [3.63, 3.8) is 0 Å². The van der Waals surface area contributed by atoms with Crippen molar-refractivity contribution in [1.29, 1.82) is 0 Å². The van der Waals surface area contributed by atoms with Crippen molar-refractivity contribution >= 4 is 5.97 Å². The molecule has 132 valence electrons. The minimum Gasteiger partial charge on any atom is -0.481 e. The van der Waals surface area contributed by atoms with E-state index in [9.17, 15) is 4.79 Å². The highest BCUT2D eigenvalue weighted by atomic mass is 16.4. The molecule has 0 aromatic carbocycles. The van der Waals surface area contributed by atoms with Gasteiger partial charge < -0.3 is 5.11 Å². The summed E-state index contributed by atoms with van der Waals surface area (Å²) in [4.78, 5) is 11.0. The van der Waals surface area contributed by atoms with E-state index in [1.165, 1.54) is 38.5 Å². The molecule has 3 saturated carbocycles. The minimum atomic E-state index is -0.622. The number of carbonyl (C=O) groups is 1. The summed E-state index contributed by atoms with van der Waals surface area (Å²) in [5.41, 5.74) is 2.41. The van der Waals surface area contributed by atoms with Crippen molar-refractivity contribution < 1.29 is 9.90 Å². The Morgan fingerprint density at radius 3 is 2.83 bits per heavy atom. The Balaban J connectivity index is 1.57. The van der Waals surface area contributed by atoms with Crippen LogP contribution in [0.2, 0.25) is 0 Å². The normalized spacial score (nSPS) is 46.7. The predicted octanol–water partition coefficient (Wildman–Crippen LogP) is 5.60. The lowest BCUT2D eigenvalue weighted by Crippen LogP contribution is -2.49. The van der Waals surface area contributed by atoms with E-state index in [1.54, 1.807) is 5.57 Å². The van der Waals surface area contributed by atoms with Gasteiger partial charge in [-0.1, -0.05) is 37.6 Å². The van der Waals surface area contributed by atoms with E-state index in [0.29, 0.717) is 23.2 Å². The first kappa shape index (κ1) is 16.4. The van der Waals surface area contributed by atoms with Crippen molar-refractivity contribution in [2.45, 2.75) is 71.6 Å². The lowest BCUT2D eigenvalue weighted by atomic mass is 9.47. The van der Waals surface area contributed by atoms with Gasteiger partial charge in [-0.3, -0.25) is 4.79 Å². The van der Waals surface area contributed by atoms with E-state index in [4.69, 9.17) is 5.11 Å². The second kappa shape index (κ2) is 5.75. The molecule has 0 amide bonds. The molecular formula is C22H32O2. The zero-order valence-corrected chi connectivity index (χ0v) is 15.3. The summed E-state index contributed by atoms with van der Waals surface area (Å²) < 4.78 is 0. The molecule has 6 atom stereocenters. The van der Waals surface area contributed by atoms with Crippen LogP contribution in [-0.2, 0) is 4.79 Å². The van der Waals surface area contributed by atoms with Gasteiger partial charge in [-0.25, -0.2) is 0 Å². The third kappa shape index (κ3) is 2.32. The Morgan fingerprint density at radius 2 is 2.04 bits per heavy atom. The molecule has 0 aromatic rings. The quantitative estimate of drug-likeness (QED) is 0.685. The summed E-state index contributed by atoms with van der Waals surface area (Å²) in [5.74, 6) is 2.49. The third-order valence-corrected chi connectivity index (χ3v) is 8.51. The number of allylic oxidation sites excluding steroid dienone is 4. The van der Waals surface area contributed by atoms with Crippen LogP contribution >= 0.6 is 0 Å². The summed E-state index contributed by atoms with van der Waals surface area (Å²) >= 11 is 0. The van der Waals surface area contributed by atoms with Gasteiger partial charge in [0.15, 0.2) is 0 Å². The zero-order valence-electron chi connectivity index (χ0n) is 15.3. The predicted molar refractivity (Wildman–Crippen MR) is 96.6 cm³/mol. The smallest absolute Gasteiger partial charge is 0.303 e. The van der Waals surface area contributed by atoms with E-state index in [2.05, 4.69) is 32.1 Å². The topological polar surface area (TPSA) is 37.3 Å². The van der Waals surface area contributed by atoms with Gasteiger partial charge in [0.25, 0.3) is 0 Å². The Bertz CT molecular complexity index is 589. The van der Waals surface area contributed by atoms with Crippen molar-refractivity contribution in [1.82, 2.24) is 0 Å². The van der Waals surface area contributed by atoms with Gasteiger partial charge >= 0.3 is 5.97 Å². The molecule has 2 heteroatoms. The van der Waals surface area contributed by atoms with E-state index in [1.807, 2.05) is 0 Å². The van der Waals surface area contributed by atoms with Crippen LogP contribution in [0.15, 0.2) is 23.8 Å². The van der Waals surface area contributed by atoms with Crippen molar-refractivity contribution in [3.8, 4) is 0 Å². The minimum absolute atomic E-state index is 0.307. The number of fused-ring (bicyclic) bond motifs is 5. The van der Waals surface area contributed by atoms with Crippen LogP contribution in [0.5, 0.6) is 0 Å². The number of rotatable bonds is 3. The molecule has 0 radical (unpaired) electrons. The average Bonchev–Trinajstić information content (AvgIpc) is 2.89. The Labute approximate surface area is 146 Å². The summed E-state index contributed by atoms with van der Waals surface area (Å²) in [7, 11) is 0. The van der Waals surface area contributed by atoms with Crippen molar-refractivity contribution in [2.24, 2.45) is 34.5 Å². The number of carboxylic acid groups (broad SMARTS) is 1. The third-order valence-electron chi connectivity index (χ3n) is 8.51. The molecule has 0 saturated heterocycles. The lowest BCUT2D eigenvalue weighted by Gasteiger charge is -2.57. The average molecular weight is 328 g/mol. The van der Waals surface area contributed by atoms with Crippen LogP contribution in [0.25, 0.3) is 0 Å². The van der Waals surface area contributed by atoms with Crippen LogP contribution < -0.4 is 0 Å². The van der Waals surface area contributed by atoms with E-state index in [0.717, 1.165) is 30.6 Å². The fraction of sp³-hybridized carbons (Fsp3) is 0.773. The maximum Gasteiger partial charge on any atom is 0.303 e. The van der Waals surface area contributed by atoms with Crippen LogP contribution in [0, 0.1) is 34.5 Å². The van der Waals surface area contributed by atoms with Gasteiger partial charge in [0.05, 0.1) is 0 Å². The maximum atomic E-state index is 11.0. The number of hydrogen-bond acceptors (Lipinski definition) is 1. The molecule has 0 heterocycles. The Hall–Kier alpha value is -1.05. The monoisotopic (exact) mass is 328 g/mol. The molecule has 0 aromatic heterocycles. The molecular weight excluding hydrogens is 296 g/mol. The van der Waals surface area contributed by atoms with Crippen LogP contribution in [0.3, 0.4) is 0 Å². The number of hydrogen-bond donors (Lipinski definition) is 1. The standard InChI is InChI=1S/C22H32O2/c1-21-13-4-3-5-15(21)6-9-17-18-10-7-16(8-11-20(23)24)22(18,2)14-12-19(17)21/h4-5,13,16-19H,3,6-12,14H2,1-2H3,(H,23,24)/t16-,17+,18+,19+,21+,22-/m1/s1. The van der Waals surface area contributed by atoms with E-state index in [-0.39, 0.29) is 0 Å². The number of carboxylic acids is 1. The highest BCUT2D eigenvalue weighted by molar-refractivity contribution is 5.66. The summed E-state index contributed by atoms with van der Waals surface area (Å²) in [5, 5.41) is 9.09. The first-order valence-corrected chi connectivity index (χ1v) is 10.0. The first-order valence-electron chi connectivity index (χ1n) is 10.0. The van der Waals surface area contributed by atoms with E-state index < -0.39 is 5.97 Å². The van der Waals surface area contributed by atoms with Crippen LogP contribution in [0.1, 0.15) is 71.6 Å². The Kier molecular flexibility index (Phi) is 3.93. The molecule has 3 fully saturated rings. The molecule has 0 bridgehead atoms. The maximum absolute atomic E-state index is 11.0. The summed E-state index contributed by atoms with van der Waals surface area (Å²) in [6.45, 7) is 4.99. The number of aliphatic carboxylic acids is 1. The molecule has 2 nitrogen and oxygen atoms in total. The van der Waals surface area contributed by atoms with Gasteiger partial charge in [-0.15, -0.1) is 0 Å². The van der Waals surface area contributed by atoms with Crippen molar-refractivity contribution in [2.75, 3.05) is 0 Å². The second-order valence-electron chi connectivity index (χ2n) is 9.32. The largest absolute Gasteiger partial charge is 0.481 e. The zero-order chi connectivity index (χ0) is 16.9. The van der Waals surface area contributed by atoms with E-state index >= 15 is 0 Å². The lowest BCUT2D eigenvalue weighted by molar-refractivity contribution is -0.137. The summed E-state index contributed by atoms with van der Waals surface area (Å²) in [6.07, 6.45) is 17.7. The van der Waals surface area contributed by atoms with Crippen LogP contribution in [-0.4, -0.2) is 11.1 Å². The Morgan fingerprint density at radius 1 is 1.21 bits per heavy atom. The van der Waals surface area contributed by atoms with Crippen LogP contribution in [0.4, 0.5) is 0 Å². The molecule has 4 aliphatic rings. The first-order chi connectivity index (χ1) is 11.4. The van der Waals surface area contributed by atoms with Gasteiger partial charge in [0.1, 0.15) is 0 Å². The van der Waals surface area contributed by atoms with Gasteiger partial charge in [-0.05, 0) is 80.5 Å². The fourth-order valence-corrected chi connectivity index (χ4v) is 7.22. The molecule has 0 aliphatic heterocycles. The molecule has 0 unspecified atom stereocenters. The van der Waals surface area contributed by atoms with Gasteiger partial charge in [-0.2, -0.15) is 0 Å². The molecule has 1 N–H and O–H groups in total. The molecule has 4 aliphatic carbocycles. The summed E-state index contributed by atoms with van der Waals surface area (Å²) in [6, 6.07) is 0. The second-order valence-corrected chi connectivity index (χ2v) is 9.32. The highest BCUT2D eigenvalue weighted by Gasteiger charge is 2.57. The molecule has 24 heavy (non-hydrogen) atoms. The fourth-order valence-electron chi connectivity index (χ4n) is 7.22. The molecule has 0 spiro atoms.